The molecule has 0 saturated heterocycles. The maximum Gasteiger partial charge on any atom is 0.143 e. The lowest BCUT2D eigenvalue weighted by atomic mass is 9.78. The smallest absolute Gasteiger partial charge is 0.143 e. The highest BCUT2D eigenvalue weighted by Gasteiger charge is 2.36. The van der Waals surface area contributed by atoms with Gasteiger partial charge in [-0.2, -0.15) is 0 Å². The summed E-state index contributed by atoms with van der Waals surface area (Å²) in [7, 11) is 0. The minimum absolute atomic E-state index is 0.135. The van der Waals surface area contributed by atoms with Crippen LogP contribution in [0.1, 0.15) is 31.2 Å². The van der Waals surface area contributed by atoms with E-state index < -0.39 is 5.60 Å². The Labute approximate surface area is 103 Å². The maximum absolute atomic E-state index is 13.9. The van der Waals surface area contributed by atoms with Crippen LogP contribution < -0.4 is 5.73 Å². The second kappa shape index (κ2) is 4.43. The molecule has 1 aliphatic rings. The van der Waals surface area contributed by atoms with E-state index in [-0.39, 0.29) is 11.9 Å². The zero-order chi connectivity index (χ0) is 11.8. The molecule has 3 N–H and O–H groups in total. The molecule has 4 heteroatoms. The Kier molecular flexibility index (Phi) is 3.33. The van der Waals surface area contributed by atoms with Crippen LogP contribution in [0.3, 0.4) is 0 Å². The van der Waals surface area contributed by atoms with Crippen LogP contribution in [0.15, 0.2) is 22.7 Å². The third-order valence-corrected chi connectivity index (χ3v) is 3.92. The highest BCUT2D eigenvalue weighted by atomic mass is 79.9. The second-order valence-corrected chi connectivity index (χ2v) is 5.32. The largest absolute Gasteiger partial charge is 0.385 e. The van der Waals surface area contributed by atoms with Gasteiger partial charge in [0.25, 0.3) is 0 Å². The van der Waals surface area contributed by atoms with Gasteiger partial charge in [0.05, 0.1) is 10.1 Å². The number of halogens is 2. The molecular formula is C12H15BrFNO. The molecule has 1 aromatic rings. The number of hydrogen-bond acceptors (Lipinski definition) is 2. The van der Waals surface area contributed by atoms with Crippen molar-refractivity contribution in [1.82, 2.24) is 0 Å². The molecule has 1 saturated carbocycles. The summed E-state index contributed by atoms with van der Waals surface area (Å²) in [5.74, 6) is -0.361. The van der Waals surface area contributed by atoms with Crippen molar-refractivity contribution < 1.29 is 9.50 Å². The van der Waals surface area contributed by atoms with Gasteiger partial charge in [-0.25, -0.2) is 4.39 Å². The molecule has 1 aliphatic carbocycles. The third kappa shape index (κ3) is 2.14. The number of nitrogens with two attached hydrogens (primary N) is 1. The molecule has 0 bridgehead atoms. The Morgan fingerprint density at radius 3 is 2.62 bits per heavy atom. The number of aliphatic hydroxyl groups is 1. The first-order valence-electron chi connectivity index (χ1n) is 5.45. The predicted molar refractivity (Wildman–Crippen MR) is 64.4 cm³/mol. The summed E-state index contributed by atoms with van der Waals surface area (Å²) < 4.78 is 14.3. The second-order valence-electron chi connectivity index (χ2n) is 4.47. The molecule has 2 rings (SSSR count). The summed E-state index contributed by atoms with van der Waals surface area (Å²) in [6.45, 7) is 0. The van der Waals surface area contributed by atoms with E-state index in [4.69, 9.17) is 5.73 Å². The van der Waals surface area contributed by atoms with E-state index in [2.05, 4.69) is 15.9 Å². The summed E-state index contributed by atoms with van der Waals surface area (Å²) in [6.07, 6.45) is 2.54. The highest BCUT2D eigenvalue weighted by molar-refractivity contribution is 9.10. The number of rotatable bonds is 1. The highest BCUT2D eigenvalue weighted by Crippen LogP contribution is 2.39. The first-order chi connectivity index (χ1) is 7.53. The van der Waals surface area contributed by atoms with Crippen molar-refractivity contribution in [2.75, 3.05) is 0 Å². The summed E-state index contributed by atoms with van der Waals surface area (Å²) in [5.41, 5.74) is 5.12. The monoisotopic (exact) mass is 287 g/mol. The standard InChI is InChI=1S/C12H15BrFNO/c13-10-3-1-2-9(11(10)14)12(16)6-4-8(15)5-7-12/h1-3,8,16H,4-7,15H2. The van der Waals surface area contributed by atoms with Crippen LogP contribution in [-0.2, 0) is 5.60 Å². The van der Waals surface area contributed by atoms with Crippen LogP contribution >= 0.6 is 15.9 Å². The molecule has 88 valence electrons. The van der Waals surface area contributed by atoms with Gasteiger partial charge >= 0.3 is 0 Å². The zero-order valence-corrected chi connectivity index (χ0v) is 10.5. The van der Waals surface area contributed by atoms with Gasteiger partial charge < -0.3 is 10.8 Å². The molecule has 2 nitrogen and oxygen atoms in total. The van der Waals surface area contributed by atoms with Crippen molar-refractivity contribution in [1.29, 1.82) is 0 Å². The Bertz CT molecular complexity index is 389. The first-order valence-corrected chi connectivity index (χ1v) is 6.25. The van der Waals surface area contributed by atoms with Gasteiger partial charge in [0.2, 0.25) is 0 Å². The molecule has 0 heterocycles. The van der Waals surface area contributed by atoms with E-state index in [1.54, 1.807) is 18.2 Å². The van der Waals surface area contributed by atoms with Gasteiger partial charge in [-0.1, -0.05) is 12.1 Å². The molecule has 0 radical (unpaired) electrons. The number of hydrogen-bond donors (Lipinski definition) is 2. The lowest BCUT2D eigenvalue weighted by Crippen LogP contribution is -2.37. The minimum atomic E-state index is -1.05. The van der Waals surface area contributed by atoms with Crippen molar-refractivity contribution >= 4 is 15.9 Å². The van der Waals surface area contributed by atoms with E-state index in [1.807, 2.05) is 0 Å². The topological polar surface area (TPSA) is 46.2 Å². The Balaban J connectivity index is 2.32. The minimum Gasteiger partial charge on any atom is -0.385 e. The zero-order valence-electron chi connectivity index (χ0n) is 8.92. The average molecular weight is 288 g/mol. The van der Waals surface area contributed by atoms with E-state index in [0.29, 0.717) is 22.9 Å². The Morgan fingerprint density at radius 2 is 2.00 bits per heavy atom. The molecule has 0 unspecified atom stereocenters. The van der Waals surface area contributed by atoms with Crippen molar-refractivity contribution in [3.8, 4) is 0 Å². The quantitative estimate of drug-likeness (QED) is 0.834. The SMILES string of the molecule is NC1CCC(O)(c2cccc(Br)c2F)CC1. The molecule has 0 atom stereocenters. The van der Waals surface area contributed by atoms with Crippen LogP contribution in [0.5, 0.6) is 0 Å². The summed E-state index contributed by atoms with van der Waals surface area (Å²) in [4.78, 5) is 0. The Morgan fingerprint density at radius 1 is 1.38 bits per heavy atom. The molecule has 0 aromatic heterocycles. The van der Waals surface area contributed by atoms with Gasteiger partial charge in [-0.15, -0.1) is 0 Å². The molecule has 0 spiro atoms. The fraction of sp³-hybridized carbons (Fsp3) is 0.500. The summed E-state index contributed by atoms with van der Waals surface area (Å²) in [5, 5.41) is 10.4. The van der Waals surface area contributed by atoms with Crippen molar-refractivity contribution in [2.24, 2.45) is 5.73 Å². The summed E-state index contributed by atoms with van der Waals surface area (Å²) in [6, 6.07) is 5.17. The van der Waals surface area contributed by atoms with E-state index in [1.165, 1.54) is 0 Å². The van der Waals surface area contributed by atoms with Crippen LogP contribution in [-0.4, -0.2) is 11.1 Å². The van der Waals surface area contributed by atoms with Crippen molar-refractivity contribution in [3.05, 3.63) is 34.1 Å². The van der Waals surface area contributed by atoms with Crippen LogP contribution in [0.4, 0.5) is 4.39 Å². The van der Waals surface area contributed by atoms with Gasteiger partial charge in [0.1, 0.15) is 5.82 Å². The van der Waals surface area contributed by atoms with Gasteiger partial charge in [-0.05, 0) is 47.7 Å². The van der Waals surface area contributed by atoms with Crippen molar-refractivity contribution in [2.45, 2.75) is 37.3 Å². The van der Waals surface area contributed by atoms with Gasteiger partial charge in [0, 0.05) is 11.6 Å². The molecule has 0 aliphatic heterocycles. The molecule has 0 amide bonds. The molecule has 1 aromatic carbocycles. The van der Waals surface area contributed by atoms with Crippen molar-refractivity contribution in [3.63, 3.8) is 0 Å². The predicted octanol–water partition coefficient (Wildman–Crippen LogP) is 2.68. The molecule has 16 heavy (non-hydrogen) atoms. The average Bonchev–Trinajstić information content (AvgIpc) is 2.27. The fourth-order valence-electron chi connectivity index (χ4n) is 2.25. The lowest BCUT2D eigenvalue weighted by molar-refractivity contribution is -0.00809. The first kappa shape index (κ1) is 12.0. The normalized spacial score (nSPS) is 30.4. The number of benzene rings is 1. The van der Waals surface area contributed by atoms with E-state index in [0.717, 1.165) is 12.8 Å². The fourth-order valence-corrected chi connectivity index (χ4v) is 2.62. The summed E-state index contributed by atoms with van der Waals surface area (Å²) >= 11 is 3.14. The third-order valence-electron chi connectivity index (χ3n) is 3.31. The Hall–Kier alpha value is -0.450. The molecular weight excluding hydrogens is 273 g/mol. The van der Waals surface area contributed by atoms with Crippen LogP contribution in [0.25, 0.3) is 0 Å². The van der Waals surface area contributed by atoms with Crippen LogP contribution in [0, 0.1) is 5.82 Å². The van der Waals surface area contributed by atoms with E-state index >= 15 is 0 Å². The lowest BCUT2D eigenvalue weighted by Gasteiger charge is -2.35. The van der Waals surface area contributed by atoms with Crippen LogP contribution in [0.2, 0.25) is 0 Å². The van der Waals surface area contributed by atoms with E-state index in [9.17, 15) is 9.50 Å². The van der Waals surface area contributed by atoms with Gasteiger partial charge in [0.15, 0.2) is 0 Å². The maximum atomic E-state index is 13.9. The molecule has 1 fully saturated rings. The van der Waals surface area contributed by atoms with Gasteiger partial charge in [-0.3, -0.25) is 0 Å².